The number of hydrogen-bond donors (Lipinski definition) is 0. The third-order valence-corrected chi connectivity index (χ3v) is 3.49. The Morgan fingerprint density at radius 3 is 2.37 bits per heavy atom. The Hall–Kier alpha value is -0.830. The van der Waals surface area contributed by atoms with Gasteiger partial charge in [-0.25, -0.2) is 0 Å². The molecule has 1 rings (SSSR count). The second-order valence-electron chi connectivity index (χ2n) is 5.85. The maximum Gasteiger partial charge on any atom is 0.306 e. The van der Waals surface area contributed by atoms with E-state index in [9.17, 15) is 4.79 Å². The van der Waals surface area contributed by atoms with Crippen molar-refractivity contribution in [2.45, 2.75) is 70.8 Å². The molecule has 0 saturated carbocycles. The molecule has 0 aromatic heterocycles. The van der Waals surface area contributed by atoms with Crippen LogP contribution < -0.4 is 0 Å². The lowest BCUT2D eigenvalue weighted by molar-refractivity contribution is -0.142. The molecule has 0 N–H and O–H groups in total. The third kappa shape index (κ3) is 8.82. The monoisotopic (exact) mass is 268 g/mol. The molecule has 0 atom stereocenters. The van der Waals surface area contributed by atoms with Gasteiger partial charge in [-0.3, -0.25) is 4.79 Å². The Morgan fingerprint density at radius 2 is 1.58 bits per heavy atom. The van der Waals surface area contributed by atoms with Crippen LogP contribution in [-0.2, 0) is 14.3 Å². The van der Waals surface area contributed by atoms with Crippen LogP contribution >= 0.6 is 0 Å². The normalized spacial score (nSPS) is 25.5. The van der Waals surface area contributed by atoms with Crippen LogP contribution in [0.5, 0.6) is 0 Å². The molecule has 3 nitrogen and oxygen atoms in total. The summed E-state index contributed by atoms with van der Waals surface area (Å²) < 4.78 is 10.9. The van der Waals surface area contributed by atoms with Crippen molar-refractivity contribution in [3.8, 4) is 0 Å². The van der Waals surface area contributed by atoms with Gasteiger partial charge in [0.2, 0.25) is 0 Å². The van der Waals surface area contributed by atoms with E-state index in [1.165, 1.54) is 25.7 Å². The average Bonchev–Trinajstić information content (AvgIpc) is 2.35. The first-order valence-electron chi connectivity index (χ1n) is 7.55. The molecule has 110 valence electrons. The zero-order valence-electron chi connectivity index (χ0n) is 12.5. The fourth-order valence-corrected chi connectivity index (χ4v) is 2.22. The predicted octanol–water partition coefficient (Wildman–Crippen LogP) is 4.02. The molecule has 1 aliphatic heterocycles. The average molecular weight is 268 g/mol. The second-order valence-corrected chi connectivity index (χ2v) is 5.85. The maximum atomic E-state index is 11.4. The zero-order chi connectivity index (χ0) is 14.0. The molecule has 0 unspecified atom stereocenters. The molecule has 0 radical (unpaired) electrons. The number of esters is 1. The summed E-state index contributed by atoms with van der Waals surface area (Å²) in [6, 6.07) is 0. The molecule has 19 heavy (non-hydrogen) atoms. The lowest BCUT2D eigenvalue weighted by atomic mass is 9.99. The molecule has 0 aromatic carbocycles. The summed E-state index contributed by atoms with van der Waals surface area (Å²) in [6.07, 6.45) is 12.5. The van der Waals surface area contributed by atoms with Crippen LogP contribution in [0.15, 0.2) is 12.2 Å². The van der Waals surface area contributed by atoms with E-state index in [0.29, 0.717) is 19.6 Å². The largest absolute Gasteiger partial charge is 0.461 e. The fraction of sp³-hybridized carbons (Fsp3) is 0.812. The van der Waals surface area contributed by atoms with Crippen molar-refractivity contribution in [2.75, 3.05) is 13.2 Å². The van der Waals surface area contributed by atoms with E-state index >= 15 is 0 Å². The van der Waals surface area contributed by atoms with E-state index < -0.39 is 0 Å². The van der Waals surface area contributed by atoms with E-state index in [2.05, 4.69) is 13.8 Å². The van der Waals surface area contributed by atoms with Gasteiger partial charge in [-0.1, -0.05) is 38.2 Å². The zero-order valence-corrected chi connectivity index (χ0v) is 12.5. The van der Waals surface area contributed by atoms with Crippen LogP contribution in [0.1, 0.15) is 65.2 Å². The standard InChI is InChI=1S/C16H28O3/c1-16(2)12-8-6-4-3-5-7-11-15(17)18-13-9-10-14-19-16/h9-10H,3-8,11-14H2,1-2H3/b10-9-. The van der Waals surface area contributed by atoms with E-state index in [0.717, 1.165) is 19.3 Å². The van der Waals surface area contributed by atoms with Gasteiger partial charge in [-0.2, -0.15) is 0 Å². The van der Waals surface area contributed by atoms with Gasteiger partial charge in [-0.05, 0) is 32.8 Å². The highest BCUT2D eigenvalue weighted by atomic mass is 16.5. The SMILES string of the molecule is CC1(C)CCCCCCCCC(=O)OC/C=C\CO1. The van der Waals surface area contributed by atoms with Crippen molar-refractivity contribution in [3.63, 3.8) is 0 Å². The summed E-state index contributed by atoms with van der Waals surface area (Å²) in [7, 11) is 0. The van der Waals surface area contributed by atoms with Gasteiger partial charge in [-0.15, -0.1) is 0 Å². The smallest absolute Gasteiger partial charge is 0.306 e. The van der Waals surface area contributed by atoms with Gasteiger partial charge in [0.25, 0.3) is 0 Å². The molecule has 0 saturated heterocycles. The fourth-order valence-electron chi connectivity index (χ4n) is 2.22. The van der Waals surface area contributed by atoms with Gasteiger partial charge in [0.1, 0.15) is 6.61 Å². The van der Waals surface area contributed by atoms with E-state index in [1.807, 2.05) is 12.2 Å². The Kier molecular flexibility index (Phi) is 7.80. The Balaban J connectivity index is 2.37. The van der Waals surface area contributed by atoms with Crippen LogP contribution in [-0.4, -0.2) is 24.8 Å². The van der Waals surface area contributed by atoms with Crippen molar-refractivity contribution in [3.05, 3.63) is 12.2 Å². The molecule has 0 aliphatic carbocycles. The van der Waals surface area contributed by atoms with Crippen LogP contribution in [0.25, 0.3) is 0 Å². The van der Waals surface area contributed by atoms with Gasteiger partial charge >= 0.3 is 5.97 Å². The number of carbonyl (C=O) groups excluding carboxylic acids is 1. The predicted molar refractivity (Wildman–Crippen MR) is 77.1 cm³/mol. The topological polar surface area (TPSA) is 35.5 Å². The lowest BCUT2D eigenvalue weighted by Gasteiger charge is -2.24. The summed E-state index contributed by atoms with van der Waals surface area (Å²) in [4.78, 5) is 11.4. The summed E-state index contributed by atoms with van der Waals surface area (Å²) in [5.74, 6) is -0.0852. The summed E-state index contributed by atoms with van der Waals surface area (Å²) in [5, 5.41) is 0. The van der Waals surface area contributed by atoms with Crippen LogP contribution in [0, 0.1) is 0 Å². The summed E-state index contributed by atoms with van der Waals surface area (Å²) in [5.41, 5.74) is -0.0575. The number of hydrogen-bond acceptors (Lipinski definition) is 3. The quantitative estimate of drug-likeness (QED) is 0.492. The van der Waals surface area contributed by atoms with Gasteiger partial charge in [0.05, 0.1) is 12.2 Å². The van der Waals surface area contributed by atoms with Crippen molar-refractivity contribution in [1.29, 1.82) is 0 Å². The first kappa shape index (κ1) is 16.2. The molecule has 1 aliphatic rings. The molecule has 0 fully saturated rings. The minimum atomic E-state index is -0.0852. The maximum absolute atomic E-state index is 11.4. The highest BCUT2D eigenvalue weighted by molar-refractivity contribution is 5.69. The van der Waals surface area contributed by atoms with E-state index in [1.54, 1.807) is 0 Å². The second kappa shape index (κ2) is 9.13. The Morgan fingerprint density at radius 1 is 0.947 bits per heavy atom. The molecule has 1 heterocycles. The first-order valence-corrected chi connectivity index (χ1v) is 7.55. The van der Waals surface area contributed by atoms with Gasteiger partial charge in [0.15, 0.2) is 0 Å². The highest BCUT2D eigenvalue weighted by Crippen LogP contribution is 2.19. The van der Waals surface area contributed by atoms with Crippen molar-refractivity contribution in [2.24, 2.45) is 0 Å². The van der Waals surface area contributed by atoms with E-state index in [4.69, 9.17) is 9.47 Å². The summed E-state index contributed by atoms with van der Waals surface area (Å²) >= 11 is 0. The Labute approximate surface area is 117 Å². The van der Waals surface area contributed by atoms with Crippen LogP contribution in [0.4, 0.5) is 0 Å². The molecular formula is C16H28O3. The molecule has 0 aromatic rings. The molecule has 0 spiro atoms. The molecule has 3 heteroatoms. The first-order chi connectivity index (χ1) is 9.10. The van der Waals surface area contributed by atoms with Crippen LogP contribution in [0.2, 0.25) is 0 Å². The molecule has 0 bridgehead atoms. The summed E-state index contributed by atoms with van der Waals surface area (Å²) in [6.45, 7) is 5.24. The number of carbonyl (C=O) groups is 1. The van der Waals surface area contributed by atoms with Crippen molar-refractivity contribution >= 4 is 5.97 Å². The minimum absolute atomic E-state index is 0.0575. The molecule has 0 amide bonds. The highest BCUT2D eigenvalue weighted by Gasteiger charge is 2.16. The number of cyclic esters (lactones) is 1. The lowest BCUT2D eigenvalue weighted by Crippen LogP contribution is -2.24. The third-order valence-electron chi connectivity index (χ3n) is 3.49. The van der Waals surface area contributed by atoms with Gasteiger partial charge in [0, 0.05) is 6.42 Å². The number of rotatable bonds is 0. The van der Waals surface area contributed by atoms with Crippen molar-refractivity contribution < 1.29 is 14.3 Å². The van der Waals surface area contributed by atoms with E-state index in [-0.39, 0.29) is 11.6 Å². The minimum Gasteiger partial charge on any atom is -0.461 e. The Bertz CT molecular complexity index is 282. The number of ether oxygens (including phenoxy) is 2. The van der Waals surface area contributed by atoms with Gasteiger partial charge < -0.3 is 9.47 Å². The molecular weight excluding hydrogens is 240 g/mol. The van der Waals surface area contributed by atoms with Crippen molar-refractivity contribution in [1.82, 2.24) is 0 Å². The van der Waals surface area contributed by atoms with Crippen LogP contribution in [0.3, 0.4) is 0 Å².